The van der Waals surface area contributed by atoms with E-state index in [0.29, 0.717) is 23.1 Å². The molecule has 1 aliphatic heterocycles. The highest BCUT2D eigenvalue weighted by atomic mass is 16.5. The maximum Gasteiger partial charge on any atom is 0.253 e. The summed E-state index contributed by atoms with van der Waals surface area (Å²) in [5, 5.41) is 12.2. The molecule has 2 N–H and O–H groups in total. The number of aromatic nitrogens is 3. The Hall–Kier alpha value is -3.13. The van der Waals surface area contributed by atoms with Gasteiger partial charge in [-0.1, -0.05) is 6.42 Å². The molecule has 0 atom stereocenters. The Kier molecular flexibility index (Phi) is 7.67. The van der Waals surface area contributed by atoms with Gasteiger partial charge < -0.3 is 19.9 Å². The van der Waals surface area contributed by atoms with Crippen LogP contribution >= 0.6 is 0 Å². The van der Waals surface area contributed by atoms with Crippen molar-refractivity contribution in [3.63, 3.8) is 0 Å². The first-order valence-electron chi connectivity index (χ1n) is 12.3. The van der Waals surface area contributed by atoms with E-state index in [1.54, 1.807) is 0 Å². The number of rotatable bonds is 9. The molecule has 1 fully saturated rings. The van der Waals surface area contributed by atoms with Gasteiger partial charge in [0.1, 0.15) is 5.82 Å². The van der Waals surface area contributed by atoms with Crippen molar-refractivity contribution in [2.75, 3.05) is 38.5 Å². The molecule has 0 saturated carbocycles. The summed E-state index contributed by atoms with van der Waals surface area (Å²) in [6, 6.07) is 9.56. The number of nitrogens with one attached hydrogen (secondary N) is 2. The number of fused-ring (bicyclic) bond motifs is 1. The summed E-state index contributed by atoms with van der Waals surface area (Å²) in [6.07, 6.45) is 4.89. The lowest BCUT2D eigenvalue weighted by Gasteiger charge is -2.27. The first kappa shape index (κ1) is 24.0. The predicted molar refractivity (Wildman–Crippen MR) is 136 cm³/mol. The minimum absolute atomic E-state index is 0.0223. The number of ether oxygens (including phenoxy) is 1. The lowest BCUT2D eigenvalue weighted by molar-refractivity contribution is 0.0787. The van der Waals surface area contributed by atoms with E-state index in [1.165, 1.54) is 32.4 Å². The van der Waals surface area contributed by atoms with Crippen molar-refractivity contribution in [3.8, 4) is 5.88 Å². The van der Waals surface area contributed by atoms with Gasteiger partial charge in [0.25, 0.3) is 5.91 Å². The molecule has 0 aliphatic carbocycles. The van der Waals surface area contributed by atoms with Gasteiger partial charge in [0.2, 0.25) is 5.88 Å². The number of hydrogen-bond donors (Lipinski definition) is 2. The number of carbonyl (C=O) groups excluding carboxylic acids is 1. The second-order valence-electron chi connectivity index (χ2n) is 9.46. The highest BCUT2D eigenvalue weighted by Crippen LogP contribution is 2.30. The van der Waals surface area contributed by atoms with Crippen LogP contribution in [0.1, 0.15) is 55.6 Å². The fraction of sp³-hybridized carbons (Fsp3) is 0.500. The van der Waals surface area contributed by atoms with Crippen LogP contribution in [0.3, 0.4) is 0 Å². The molecule has 1 amide bonds. The molecule has 34 heavy (non-hydrogen) atoms. The number of anilines is 2. The molecule has 8 nitrogen and oxygen atoms in total. The number of H-pyrrole nitrogens is 1. The van der Waals surface area contributed by atoms with Crippen molar-refractivity contribution in [3.05, 3.63) is 41.6 Å². The highest BCUT2D eigenvalue weighted by Gasteiger charge is 2.16. The van der Waals surface area contributed by atoms with Crippen molar-refractivity contribution in [1.29, 1.82) is 0 Å². The highest BCUT2D eigenvalue weighted by molar-refractivity contribution is 6.00. The molecule has 4 rings (SSSR count). The molecule has 3 heterocycles. The number of nitrogens with zero attached hydrogens (tertiary/aromatic N) is 4. The molecule has 182 valence electrons. The van der Waals surface area contributed by atoms with Crippen LogP contribution in [0.4, 0.5) is 11.6 Å². The third-order valence-electron chi connectivity index (χ3n) is 6.12. The van der Waals surface area contributed by atoms with Gasteiger partial charge in [-0.25, -0.2) is 0 Å². The summed E-state index contributed by atoms with van der Waals surface area (Å²) in [5.74, 6) is 1.87. The lowest BCUT2D eigenvalue weighted by Crippen LogP contribution is -2.34. The van der Waals surface area contributed by atoms with E-state index < -0.39 is 0 Å². The number of likely N-dealkylation sites (tertiary alicyclic amines) is 1. The number of aromatic amines is 1. The zero-order valence-electron chi connectivity index (χ0n) is 20.7. The van der Waals surface area contributed by atoms with E-state index in [4.69, 9.17) is 4.74 Å². The Bertz CT molecular complexity index is 1120. The van der Waals surface area contributed by atoms with Gasteiger partial charge in [-0.2, -0.15) is 10.1 Å². The standard InChI is InChI=1S/C26H36N6O2/c1-18(2)34-25-22-10-9-20(26(33)31(4)11-8-14-32-12-6-5-7-13-32)16-21(22)17-23(28-25)27-24-15-19(3)29-30-24/h9-10,15-18H,5-8,11-14H2,1-4H3,(H2,27,28,29,30). The van der Waals surface area contributed by atoms with Gasteiger partial charge in [0, 0.05) is 36.3 Å². The normalized spacial score (nSPS) is 14.5. The van der Waals surface area contributed by atoms with Crippen molar-refractivity contribution < 1.29 is 9.53 Å². The molecule has 0 radical (unpaired) electrons. The SMILES string of the molecule is Cc1cc(Nc2cc3cc(C(=O)N(C)CCCN4CCCCC4)ccc3c(OC(C)C)n2)n[nH]1. The average molecular weight is 465 g/mol. The second kappa shape index (κ2) is 10.9. The van der Waals surface area contributed by atoms with Crippen molar-refractivity contribution in [1.82, 2.24) is 25.0 Å². The Morgan fingerprint density at radius 1 is 1.18 bits per heavy atom. The molecule has 1 saturated heterocycles. The fourth-order valence-corrected chi connectivity index (χ4v) is 4.39. The smallest absolute Gasteiger partial charge is 0.253 e. The molecule has 1 aliphatic rings. The van der Waals surface area contributed by atoms with Crippen LogP contribution in [0.15, 0.2) is 30.3 Å². The summed E-state index contributed by atoms with van der Waals surface area (Å²) in [7, 11) is 1.88. The molecule has 0 spiro atoms. The average Bonchev–Trinajstić information content (AvgIpc) is 3.22. The quantitative estimate of drug-likeness (QED) is 0.475. The molecule has 8 heteroatoms. The van der Waals surface area contributed by atoms with E-state index >= 15 is 0 Å². The Labute approximate surface area is 201 Å². The molecule has 0 unspecified atom stereocenters. The largest absolute Gasteiger partial charge is 0.474 e. The third kappa shape index (κ3) is 6.05. The molecule has 2 aromatic heterocycles. The minimum atomic E-state index is -0.0223. The van der Waals surface area contributed by atoms with Crippen LogP contribution in [0.25, 0.3) is 10.8 Å². The summed E-state index contributed by atoms with van der Waals surface area (Å²) in [6.45, 7) is 10.1. The van der Waals surface area contributed by atoms with Crippen molar-refractivity contribution >= 4 is 28.3 Å². The van der Waals surface area contributed by atoms with Gasteiger partial charge >= 0.3 is 0 Å². The maximum absolute atomic E-state index is 13.1. The van der Waals surface area contributed by atoms with E-state index in [2.05, 4.69) is 25.4 Å². The third-order valence-corrected chi connectivity index (χ3v) is 6.12. The minimum Gasteiger partial charge on any atom is -0.474 e. The zero-order chi connectivity index (χ0) is 24.1. The number of aryl methyl sites for hydroxylation is 1. The molecule has 3 aromatic rings. The van der Waals surface area contributed by atoms with Gasteiger partial charge in [0.15, 0.2) is 5.82 Å². The van der Waals surface area contributed by atoms with Gasteiger partial charge in [-0.05, 0) is 89.3 Å². The summed E-state index contributed by atoms with van der Waals surface area (Å²) < 4.78 is 5.99. The van der Waals surface area contributed by atoms with Gasteiger partial charge in [0.05, 0.1) is 6.10 Å². The summed E-state index contributed by atoms with van der Waals surface area (Å²) >= 11 is 0. The van der Waals surface area contributed by atoms with E-state index in [0.717, 1.165) is 36.0 Å². The number of hydrogen-bond acceptors (Lipinski definition) is 6. The first-order chi connectivity index (χ1) is 16.4. The van der Waals surface area contributed by atoms with Crippen LogP contribution in [-0.2, 0) is 0 Å². The second-order valence-corrected chi connectivity index (χ2v) is 9.46. The van der Waals surface area contributed by atoms with Gasteiger partial charge in [-0.3, -0.25) is 9.89 Å². The van der Waals surface area contributed by atoms with Crippen LogP contribution in [0, 0.1) is 6.92 Å². The molecular weight excluding hydrogens is 428 g/mol. The van der Waals surface area contributed by atoms with Crippen molar-refractivity contribution in [2.45, 2.75) is 52.6 Å². The Morgan fingerprint density at radius 3 is 2.68 bits per heavy atom. The number of piperidine rings is 1. The number of pyridine rings is 1. The maximum atomic E-state index is 13.1. The summed E-state index contributed by atoms with van der Waals surface area (Å²) in [5.41, 5.74) is 1.62. The fourth-order valence-electron chi connectivity index (χ4n) is 4.39. The topological polar surface area (TPSA) is 86.4 Å². The predicted octanol–water partition coefficient (Wildman–Crippen LogP) is 4.75. The van der Waals surface area contributed by atoms with Gasteiger partial charge in [-0.15, -0.1) is 0 Å². The Balaban J connectivity index is 1.51. The molecule has 0 bridgehead atoms. The van der Waals surface area contributed by atoms with E-state index in [9.17, 15) is 4.79 Å². The lowest BCUT2D eigenvalue weighted by atomic mass is 10.1. The van der Waals surface area contributed by atoms with E-state index in [-0.39, 0.29) is 12.0 Å². The zero-order valence-corrected chi connectivity index (χ0v) is 20.7. The molecule has 1 aromatic carbocycles. The van der Waals surface area contributed by atoms with Crippen LogP contribution in [-0.4, -0.2) is 70.2 Å². The van der Waals surface area contributed by atoms with E-state index in [1.807, 2.05) is 63.1 Å². The van der Waals surface area contributed by atoms with Crippen LogP contribution in [0.5, 0.6) is 5.88 Å². The number of benzene rings is 1. The molecular formula is C26H36N6O2. The number of carbonyl (C=O) groups is 1. The Morgan fingerprint density at radius 2 is 1.97 bits per heavy atom. The van der Waals surface area contributed by atoms with Crippen LogP contribution < -0.4 is 10.1 Å². The van der Waals surface area contributed by atoms with Crippen molar-refractivity contribution in [2.24, 2.45) is 0 Å². The number of amides is 1. The van der Waals surface area contributed by atoms with Crippen LogP contribution in [0.2, 0.25) is 0 Å². The first-order valence-corrected chi connectivity index (χ1v) is 12.3. The monoisotopic (exact) mass is 464 g/mol. The summed E-state index contributed by atoms with van der Waals surface area (Å²) in [4.78, 5) is 22.1.